The molecule has 0 aliphatic carbocycles. The Balaban J connectivity index is 1.44. The molecular weight excluding hydrogens is 422 g/mol. The lowest BCUT2D eigenvalue weighted by atomic mass is 10.2. The Labute approximate surface area is 161 Å². The molecule has 1 aromatic carbocycles. The van der Waals surface area contributed by atoms with E-state index < -0.39 is 0 Å². The quantitative estimate of drug-likeness (QED) is 0.591. The number of nitrogens with one attached hydrogen (secondary N) is 1. The highest BCUT2D eigenvalue weighted by atomic mass is 79.9. The summed E-state index contributed by atoms with van der Waals surface area (Å²) in [5.41, 5.74) is 0.637. The Morgan fingerprint density at radius 2 is 2.35 bits per heavy atom. The smallest absolute Gasteiger partial charge is 0.344 e. The average molecular weight is 438 g/mol. The fraction of sp³-hybridized carbons (Fsp3) is 0.375. The van der Waals surface area contributed by atoms with Gasteiger partial charge in [0.1, 0.15) is 0 Å². The summed E-state index contributed by atoms with van der Waals surface area (Å²) >= 11 is 4.80. The molecule has 10 heteroatoms. The Morgan fingerprint density at radius 3 is 3.15 bits per heavy atom. The van der Waals surface area contributed by atoms with Crippen molar-refractivity contribution in [2.75, 3.05) is 6.61 Å². The molecular formula is C16H16BrN5O3S. The van der Waals surface area contributed by atoms with Crippen LogP contribution in [0.3, 0.4) is 0 Å². The van der Waals surface area contributed by atoms with Crippen LogP contribution in [0.5, 0.6) is 0 Å². The second-order valence-corrected chi connectivity index (χ2v) is 7.73. The van der Waals surface area contributed by atoms with E-state index in [0.717, 1.165) is 29.5 Å². The van der Waals surface area contributed by atoms with Crippen LogP contribution in [0.1, 0.15) is 18.7 Å². The fourth-order valence-corrected chi connectivity index (χ4v) is 3.94. The number of thioether (sulfide) groups is 1. The number of H-pyrrole nitrogens is 1. The van der Waals surface area contributed by atoms with Crippen LogP contribution in [0.15, 0.2) is 43.2 Å². The maximum Gasteiger partial charge on any atom is 0.344 e. The molecule has 1 aliphatic heterocycles. The molecule has 1 N–H and O–H groups in total. The summed E-state index contributed by atoms with van der Waals surface area (Å²) < 4.78 is 13.5. The molecule has 1 fully saturated rings. The van der Waals surface area contributed by atoms with Gasteiger partial charge in [-0.05, 0) is 25.0 Å². The molecule has 2 aromatic heterocycles. The first-order valence-electron chi connectivity index (χ1n) is 8.17. The Bertz CT molecular complexity index is 947. The van der Waals surface area contributed by atoms with Gasteiger partial charge in [0.2, 0.25) is 11.7 Å². The molecule has 1 atom stereocenters. The second-order valence-electron chi connectivity index (χ2n) is 5.87. The van der Waals surface area contributed by atoms with E-state index in [1.54, 1.807) is 4.57 Å². The summed E-state index contributed by atoms with van der Waals surface area (Å²) in [6.07, 6.45) is 2.05. The largest absolute Gasteiger partial charge is 0.376 e. The normalized spacial score (nSPS) is 17.0. The zero-order valence-corrected chi connectivity index (χ0v) is 16.1. The van der Waals surface area contributed by atoms with E-state index in [2.05, 4.69) is 36.3 Å². The number of benzene rings is 1. The van der Waals surface area contributed by atoms with Gasteiger partial charge < -0.3 is 9.26 Å². The summed E-state index contributed by atoms with van der Waals surface area (Å²) in [6.45, 7) is 1.25. The Hall–Kier alpha value is -1.91. The van der Waals surface area contributed by atoms with Gasteiger partial charge >= 0.3 is 5.69 Å². The minimum atomic E-state index is -0.233. The molecule has 8 nitrogen and oxygen atoms in total. The molecule has 26 heavy (non-hydrogen) atoms. The van der Waals surface area contributed by atoms with E-state index >= 15 is 0 Å². The third-order valence-corrected chi connectivity index (χ3v) is 5.46. The van der Waals surface area contributed by atoms with E-state index in [9.17, 15) is 4.79 Å². The SMILES string of the molecule is O=c1[nH]nc(SCc2nc(-c3cccc(Br)c3)no2)n1CC1CCCO1. The predicted octanol–water partition coefficient (Wildman–Crippen LogP) is 2.86. The minimum Gasteiger partial charge on any atom is -0.376 e. The molecule has 1 aliphatic rings. The van der Waals surface area contributed by atoms with Crippen molar-refractivity contribution >= 4 is 27.7 Å². The van der Waals surface area contributed by atoms with Crippen LogP contribution in [0, 0.1) is 0 Å². The lowest BCUT2D eigenvalue weighted by Gasteiger charge is -2.10. The van der Waals surface area contributed by atoms with Crippen molar-refractivity contribution in [1.29, 1.82) is 0 Å². The average Bonchev–Trinajstić information content (AvgIpc) is 3.37. The maximum atomic E-state index is 12.0. The number of ether oxygens (including phenoxy) is 1. The van der Waals surface area contributed by atoms with Gasteiger partial charge in [-0.2, -0.15) is 4.98 Å². The van der Waals surface area contributed by atoms with Gasteiger partial charge in [0.05, 0.1) is 18.4 Å². The molecule has 1 saturated heterocycles. The van der Waals surface area contributed by atoms with Crippen molar-refractivity contribution in [3.63, 3.8) is 0 Å². The monoisotopic (exact) mass is 437 g/mol. The first-order chi connectivity index (χ1) is 12.7. The Kier molecular flexibility index (Phi) is 5.23. The topological polar surface area (TPSA) is 98.8 Å². The molecule has 4 rings (SSSR count). The molecule has 3 heterocycles. The van der Waals surface area contributed by atoms with Gasteiger partial charge in [-0.15, -0.1) is 5.10 Å². The number of hydrogen-bond donors (Lipinski definition) is 1. The standard InChI is InChI=1S/C16H16BrN5O3S/c17-11-4-1-3-10(7-11)14-18-13(25-21-14)9-26-16-20-19-15(23)22(16)8-12-5-2-6-24-12/h1,3-4,7,12H,2,5-6,8-9H2,(H,19,23). The summed E-state index contributed by atoms with van der Waals surface area (Å²) in [4.78, 5) is 16.4. The van der Waals surface area contributed by atoms with Gasteiger partial charge in [-0.3, -0.25) is 4.57 Å². The highest BCUT2D eigenvalue weighted by Gasteiger charge is 2.20. The first-order valence-corrected chi connectivity index (χ1v) is 9.95. The van der Waals surface area contributed by atoms with Crippen molar-refractivity contribution in [2.45, 2.75) is 36.4 Å². The van der Waals surface area contributed by atoms with Gasteiger partial charge in [0.15, 0.2) is 5.16 Å². The van der Waals surface area contributed by atoms with E-state index in [-0.39, 0.29) is 11.8 Å². The van der Waals surface area contributed by atoms with Crippen LogP contribution in [0.4, 0.5) is 0 Å². The lowest BCUT2D eigenvalue weighted by molar-refractivity contribution is 0.0941. The molecule has 3 aromatic rings. The van der Waals surface area contributed by atoms with Gasteiger partial charge in [0.25, 0.3) is 0 Å². The summed E-state index contributed by atoms with van der Waals surface area (Å²) in [5, 5.41) is 11.2. The summed E-state index contributed by atoms with van der Waals surface area (Å²) in [6, 6.07) is 7.69. The van der Waals surface area contributed by atoms with Crippen LogP contribution in [-0.4, -0.2) is 37.6 Å². The molecule has 136 valence electrons. The Morgan fingerprint density at radius 1 is 1.42 bits per heavy atom. The van der Waals surface area contributed by atoms with Crippen molar-refractivity contribution in [3.8, 4) is 11.4 Å². The van der Waals surface area contributed by atoms with Crippen LogP contribution >= 0.6 is 27.7 Å². The minimum absolute atomic E-state index is 0.0659. The second kappa shape index (κ2) is 7.77. The number of aromatic nitrogens is 5. The van der Waals surface area contributed by atoms with Crippen LogP contribution < -0.4 is 5.69 Å². The number of halogens is 1. The molecule has 1 unspecified atom stereocenters. The zero-order valence-electron chi connectivity index (χ0n) is 13.7. The van der Waals surface area contributed by atoms with E-state index in [1.165, 1.54) is 11.8 Å². The van der Waals surface area contributed by atoms with Crippen molar-refractivity contribution in [1.82, 2.24) is 24.9 Å². The van der Waals surface area contributed by atoms with E-state index in [0.29, 0.717) is 29.2 Å². The van der Waals surface area contributed by atoms with E-state index in [4.69, 9.17) is 9.26 Å². The van der Waals surface area contributed by atoms with Crippen molar-refractivity contribution < 1.29 is 9.26 Å². The summed E-state index contributed by atoms with van der Waals surface area (Å²) in [7, 11) is 0. The maximum absolute atomic E-state index is 12.0. The number of rotatable bonds is 6. The third-order valence-electron chi connectivity index (χ3n) is 4.01. The van der Waals surface area contributed by atoms with Crippen molar-refractivity contribution in [2.24, 2.45) is 0 Å². The van der Waals surface area contributed by atoms with Crippen LogP contribution in [-0.2, 0) is 17.0 Å². The predicted molar refractivity (Wildman–Crippen MR) is 98.8 cm³/mol. The highest BCUT2D eigenvalue weighted by Crippen LogP contribution is 2.24. The van der Waals surface area contributed by atoms with Crippen molar-refractivity contribution in [3.05, 3.63) is 45.1 Å². The fourth-order valence-electron chi connectivity index (χ4n) is 2.75. The van der Waals surface area contributed by atoms with Gasteiger partial charge in [-0.25, -0.2) is 9.89 Å². The zero-order chi connectivity index (χ0) is 17.9. The molecule has 0 saturated carbocycles. The number of hydrogen-bond acceptors (Lipinski definition) is 7. The molecule has 0 radical (unpaired) electrons. The van der Waals surface area contributed by atoms with Gasteiger partial charge in [0, 0.05) is 16.6 Å². The van der Waals surface area contributed by atoms with Gasteiger partial charge in [-0.1, -0.05) is 45.0 Å². The molecule has 0 spiro atoms. The third kappa shape index (κ3) is 3.92. The first kappa shape index (κ1) is 17.5. The van der Waals surface area contributed by atoms with Crippen LogP contribution in [0.2, 0.25) is 0 Å². The van der Waals surface area contributed by atoms with Crippen LogP contribution in [0.25, 0.3) is 11.4 Å². The van der Waals surface area contributed by atoms with E-state index in [1.807, 2.05) is 24.3 Å². The lowest BCUT2D eigenvalue weighted by Crippen LogP contribution is -2.24. The summed E-state index contributed by atoms with van der Waals surface area (Å²) in [5.74, 6) is 1.43. The molecule has 0 bridgehead atoms. The number of aromatic amines is 1. The molecule has 0 amide bonds. The highest BCUT2D eigenvalue weighted by molar-refractivity contribution is 9.10. The number of nitrogens with zero attached hydrogens (tertiary/aromatic N) is 4.